The number of carbonyl (C=O) groups is 1. The Bertz CT molecular complexity index is 166. The molecule has 86 valence electrons. The van der Waals surface area contributed by atoms with Crippen molar-refractivity contribution in [2.24, 2.45) is 5.73 Å². The lowest BCUT2D eigenvalue weighted by Gasteiger charge is -2.43. The number of β-amino-alcohol motifs (C(OH)–C–C–N with tert-alkyl or cyclic N) is 1. The summed E-state index contributed by atoms with van der Waals surface area (Å²) < 4.78 is 0. The molecule has 1 aliphatic heterocycles. The average molecular weight is 204 g/mol. The van der Waals surface area contributed by atoms with Crippen LogP contribution < -0.4 is 5.73 Å². The maximum absolute atomic E-state index is 9.81. The Hall–Kier alpha value is -0.450. The van der Waals surface area contributed by atoms with E-state index >= 15 is 0 Å². The molecule has 0 radical (unpaired) electrons. The molecule has 1 heterocycles. The van der Waals surface area contributed by atoms with Crippen molar-refractivity contribution in [2.75, 3.05) is 26.7 Å². The van der Waals surface area contributed by atoms with E-state index in [2.05, 4.69) is 0 Å². The summed E-state index contributed by atoms with van der Waals surface area (Å²) in [6.07, 6.45) is 0.667. The van der Waals surface area contributed by atoms with Crippen molar-refractivity contribution in [3.63, 3.8) is 0 Å². The SMILES string of the molecule is C.CCC(C)=O.CN1CC(O)(CN)C1. The molecule has 0 aromatic carbocycles. The Balaban J connectivity index is 0. The maximum atomic E-state index is 9.81. The van der Waals surface area contributed by atoms with Crippen molar-refractivity contribution in [3.05, 3.63) is 0 Å². The van der Waals surface area contributed by atoms with Gasteiger partial charge in [-0.1, -0.05) is 14.4 Å². The topological polar surface area (TPSA) is 66.6 Å². The van der Waals surface area contributed by atoms with Crippen LogP contribution in [-0.4, -0.2) is 48.1 Å². The van der Waals surface area contributed by atoms with Crippen LogP contribution in [0.25, 0.3) is 0 Å². The zero-order chi connectivity index (χ0) is 10.5. The number of Topliss-reactive ketones (excluding diaryl/α,β-unsaturated/α-hetero) is 1. The van der Waals surface area contributed by atoms with Crippen LogP contribution >= 0.6 is 0 Å². The van der Waals surface area contributed by atoms with Gasteiger partial charge in [-0.2, -0.15) is 0 Å². The fourth-order valence-corrected chi connectivity index (χ4v) is 1.09. The molecule has 0 aliphatic carbocycles. The summed E-state index contributed by atoms with van der Waals surface area (Å²) in [6.45, 7) is 5.27. The molecule has 3 N–H and O–H groups in total. The number of ketones is 1. The molecule has 0 atom stereocenters. The summed E-state index contributed by atoms with van der Waals surface area (Å²) in [5.41, 5.74) is 4.69. The molecule has 0 aromatic heterocycles. The first-order valence-electron chi connectivity index (χ1n) is 4.54. The zero-order valence-corrected chi connectivity index (χ0v) is 8.71. The number of nitrogens with zero attached hydrogens (tertiary/aromatic N) is 1. The maximum Gasteiger partial charge on any atom is 0.129 e. The van der Waals surface area contributed by atoms with Gasteiger partial charge in [0.05, 0.1) is 0 Å². The Labute approximate surface area is 87.1 Å². The van der Waals surface area contributed by atoms with E-state index in [4.69, 9.17) is 5.73 Å². The van der Waals surface area contributed by atoms with Gasteiger partial charge in [0, 0.05) is 26.1 Å². The van der Waals surface area contributed by atoms with Crippen LogP contribution in [-0.2, 0) is 4.79 Å². The molecular weight excluding hydrogens is 180 g/mol. The second-order valence-electron chi connectivity index (χ2n) is 3.66. The highest BCUT2D eigenvalue weighted by molar-refractivity contribution is 5.74. The summed E-state index contributed by atoms with van der Waals surface area (Å²) in [7, 11) is 1.96. The summed E-state index contributed by atoms with van der Waals surface area (Å²) in [5, 5.41) is 9.22. The Kier molecular flexibility index (Phi) is 7.91. The molecule has 0 saturated carbocycles. The molecule has 0 aromatic rings. The van der Waals surface area contributed by atoms with Crippen molar-refractivity contribution in [1.29, 1.82) is 0 Å². The van der Waals surface area contributed by atoms with Crippen molar-refractivity contribution in [2.45, 2.75) is 33.3 Å². The van der Waals surface area contributed by atoms with Crippen LogP contribution in [0.2, 0.25) is 0 Å². The van der Waals surface area contributed by atoms with E-state index in [1.807, 2.05) is 18.9 Å². The number of hydrogen-bond donors (Lipinski definition) is 2. The van der Waals surface area contributed by atoms with Gasteiger partial charge in [-0.3, -0.25) is 0 Å². The number of hydrogen-bond acceptors (Lipinski definition) is 4. The van der Waals surface area contributed by atoms with Gasteiger partial charge in [0.1, 0.15) is 11.4 Å². The number of likely N-dealkylation sites (N-methyl/N-ethyl adjacent to an activating group) is 1. The van der Waals surface area contributed by atoms with E-state index in [0.29, 0.717) is 13.0 Å². The van der Waals surface area contributed by atoms with Gasteiger partial charge in [-0.15, -0.1) is 0 Å². The third kappa shape index (κ3) is 6.07. The minimum absolute atomic E-state index is 0. The van der Waals surface area contributed by atoms with Gasteiger partial charge in [0.2, 0.25) is 0 Å². The second kappa shape index (κ2) is 6.92. The molecule has 1 aliphatic rings. The van der Waals surface area contributed by atoms with Crippen LogP contribution in [0.15, 0.2) is 0 Å². The van der Waals surface area contributed by atoms with Gasteiger partial charge in [-0.25, -0.2) is 0 Å². The average Bonchev–Trinajstić information content (AvgIpc) is 2.03. The third-order valence-corrected chi connectivity index (χ3v) is 2.01. The van der Waals surface area contributed by atoms with E-state index in [9.17, 15) is 9.90 Å². The molecule has 1 saturated heterocycles. The summed E-state index contributed by atoms with van der Waals surface area (Å²) in [6, 6.07) is 0. The summed E-state index contributed by atoms with van der Waals surface area (Å²) >= 11 is 0. The molecular formula is C10H24N2O2. The monoisotopic (exact) mass is 204 g/mol. The highest BCUT2D eigenvalue weighted by Crippen LogP contribution is 2.15. The molecule has 0 unspecified atom stereocenters. The zero-order valence-electron chi connectivity index (χ0n) is 8.71. The lowest BCUT2D eigenvalue weighted by Crippen LogP contribution is -2.63. The predicted octanol–water partition coefficient (Wildman–Crippen LogP) is 0.243. The van der Waals surface area contributed by atoms with Crippen LogP contribution in [0.4, 0.5) is 0 Å². The quantitative estimate of drug-likeness (QED) is 0.676. The first kappa shape index (κ1) is 16.0. The number of carbonyl (C=O) groups excluding carboxylic acids is 1. The van der Waals surface area contributed by atoms with Gasteiger partial charge in [-0.05, 0) is 14.0 Å². The second-order valence-corrected chi connectivity index (χ2v) is 3.66. The number of aliphatic hydroxyl groups is 1. The first-order chi connectivity index (χ1) is 5.93. The molecule has 1 fully saturated rings. The van der Waals surface area contributed by atoms with Crippen molar-refractivity contribution in [1.82, 2.24) is 4.90 Å². The Morgan fingerprint density at radius 1 is 1.57 bits per heavy atom. The Morgan fingerprint density at radius 3 is 2.00 bits per heavy atom. The van der Waals surface area contributed by atoms with Crippen LogP contribution in [0.3, 0.4) is 0 Å². The normalized spacial score (nSPS) is 18.4. The Morgan fingerprint density at radius 2 is 1.93 bits per heavy atom. The van der Waals surface area contributed by atoms with Gasteiger partial charge in [0.15, 0.2) is 0 Å². The summed E-state index contributed by atoms with van der Waals surface area (Å²) in [5.74, 6) is 0.255. The smallest absolute Gasteiger partial charge is 0.129 e. The molecule has 14 heavy (non-hydrogen) atoms. The standard InChI is InChI=1S/C5H12N2O.C4H8O.CH4/c1-7-3-5(8,2-6)4-7;1-3-4(2)5;/h8H,2-4,6H2,1H3;3H2,1-2H3;1H4. The number of nitrogens with two attached hydrogens (primary N) is 1. The highest BCUT2D eigenvalue weighted by atomic mass is 16.3. The van der Waals surface area contributed by atoms with Crippen LogP contribution in [0, 0.1) is 0 Å². The molecule has 1 rings (SSSR count). The van der Waals surface area contributed by atoms with Gasteiger partial charge >= 0.3 is 0 Å². The number of likely N-dealkylation sites (tertiary alicyclic amines) is 1. The molecule has 4 heteroatoms. The van der Waals surface area contributed by atoms with E-state index < -0.39 is 5.60 Å². The lowest BCUT2D eigenvalue weighted by atomic mass is 9.96. The minimum Gasteiger partial charge on any atom is -0.386 e. The highest BCUT2D eigenvalue weighted by Gasteiger charge is 2.37. The van der Waals surface area contributed by atoms with Crippen molar-refractivity contribution < 1.29 is 9.90 Å². The first-order valence-corrected chi connectivity index (χ1v) is 4.54. The number of rotatable bonds is 2. The molecule has 4 nitrogen and oxygen atoms in total. The van der Waals surface area contributed by atoms with E-state index in [-0.39, 0.29) is 13.2 Å². The lowest BCUT2D eigenvalue weighted by molar-refractivity contribution is -0.116. The van der Waals surface area contributed by atoms with Gasteiger partial charge < -0.3 is 20.5 Å². The van der Waals surface area contributed by atoms with Crippen LogP contribution in [0.5, 0.6) is 0 Å². The predicted molar refractivity (Wildman–Crippen MR) is 59.2 cm³/mol. The summed E-state index contributed by atoms with van der Waals surface area (Å²) in [4.78, 5) is 11.8. The van der Waals surface area contributed by atoms with E-state index in [1.165, 1.54) is 0 Å². The van der Waals surface area contributed by atoms with Crippen LogP contribution in [0.1, 0.15) is 27.7 Å². The van der Waals surface area contributed by atoms with E-state index in [0.717, 1.165) is 13.1 Å². The third-order valence-electron chi connectivity index (χ3n) is 2.01. The fourth-order valence-electron chi connectivity index (χ4n) is 1.09. The van der Waals surface area contributed by atoms with Gasteiger partial charge in [0.25, 0.3) is 0 Å². The van der Waals surface area contributed by atoms with Crippen molar-refractivity contribution >= 4 is 5.78 Å². The molecule has 0 amide bonds. The molecule has 0 spiro atoms. The molecule has 0 bridgehead atoms. The van der Waals surface area contributed by atoms with E-state index in [1.54, 1.807) is 6.92 Å². The largest absolute Gasteiger partial charge is 0.386 e. The van der Waals surface area contributed by atoms with Crippen molar-refractivity contribution in [3.8, 4) is 0 Å². The fraction of sp³-hybridized carbons (Fsp3) is 0.900. The minimum atomic E-state index is -0.561.